The highest BCUT2D eigenvalue weighted by Gasteiger charge is 2.58. The van der Waals surface area contributed by atoms with Crippen molar-refractivity contribution in [1.82, 2.24) is 10.3 Å². The highest BCUT2D eigenvalue weighted by atomic mass is 32.2. The van der Waals surface area contributed by atoms with E-state index < -0.39 is 0 Å². The van der Waals surface area contributed by atoms with Gasteiger partial charge in [0.05, 0.1) is 11.9 Å². The van der Waals surface area contributed by atoms with Crippen LogP contribution in [0.3, 0.4) is 0 Å². The van der Waals surface area contributed by atoms with E-state index in [1.165, 1.54) is 54.8 Å². The molecule has 2 aromatic rings. The van der Waals surface area contributed by atoms with E-state index in [0.29, 0.717) is 5.41 Å². The van der Waals surface area contributed by atoms with Crippen LogP contribution in [0.25, 0.3) is 11.3 Å². The van der Waals surface area contributed by atoms with Crippen LogP contribution in [-0.2, 0) is 6.42 Å². The topological polar surface area (TPSA) is 34.1 Å². The Labute approximate surface area is 153 Å². The van der Waals surface area contributed by atoms with E-state index in [-0.39, 0.29) is 5.60 Å². The summed E-state index contributed by atoms with van der Waals surface area (Å²) in [5, 5.41) is 3.49. The number of pyridine rings is 1. The monoisotopic (exact) mass is 352 g/mol. The Kier molecular flexibility index (Phi) is 3.61. The average Bonchev–Trinajstić information content (AvgIpc) is 3.00. The molecule has 1 saturated heterocycles. The van der Waals surface area contributed by atoms with Gasteiger partial charge in [0.2, 0.25) is 0 Å². The van der Waals surface area contributed by atoms with Crippen molar-refractivity contribution in [2.75, 3.05) is 19.3 Å². The molecule has 0 radical (unpaired) electrons. The normalized spacial score (nSPS) is 22.4. The van der Waals surface area contributed by atoms with Gasteiger partial charge in [0.25, 0.3) is 0 Å². The number of nitrogens with zero attached hydrogens (tertiary/aromatic N) is 1. The van der Waals surface area contributed by atoms with Crippen LogP contribution in [-0.4, -0.2) is 29.9 Å². The molecule has 3 nitrogen and oxygen atoms in total. The first-order chi connectivity index (χ1) is 12.2. The third-order valence-corrected chi connectivity index (χ3v) is 6.98. The molecule has 0 bridgehead atoms. The lowest BCUT2D eigenvalue weighted by Crippen LogP contribution is -2.58. The zero-order valence-electron chi connectivity index (χ0n) is 14.7. The number of benzene rings is 1. The van der Waals surface area contributed by atoms with E-state index in [1.54, 1.807) is 11.8 Å². The zero-order valence-corrected chi connectivity index (χ0v) is 15.5. The predicted molar refractivity (Wildman–Crippen MR) is 102 cm³/mol. The first-order valence-electron chi connectivity index (χ1n) is 9.23. The van der Waals surface area contributed by atoms with Gasteiger partial charge in [-0.05, 0) is 68.6 Å². The molecule has 2 spiro atoms. The van der Waals surface area contributed by atoms with Crippen LogP contribution >= 0.6 is 11.8 Å². The molecule has 1 aromatic heterocycles. The Balaban J connectivity index is 1.35. The van der Waals surface area contributed by atoms with Crippen LogP contribution in [0.5, 0.6) is 5.75 Å². The van der Waals surface area contributed by atoms with E-state index in [9.17, 15) is 0 Å². The second kappa shape index (κ2) is 5.75. The Morgan fingerprint density at radius 2 is 1.88 bits per heavy atom. The van der Waals surface area contributed by atoms with Crippen molar-refractivity contribution < 1.29 is 4.74 Å². The molecule has 2 aliphatic heterocycles. The molecule has 3 aliphatic rings. The van der Waals surface area contributed by atoms with Gasteiger partial charge >= 0.3 is 0 Å². The quantitative estimate of drug-likeness (QED) is 0.817. The molecular formula is C21H24N2OS. The van der Waals surface area contributed by atoms with Gasteiger partial charge in [-0.25, -0.2) is 0 Å². The molecule has 5 rings (SSSR count). The minimum absolute atomic E-state index is 0.0582. The maximum absolute atomic E-state index is 6.40. The fourth-order valence-corrected chi connectivity index (χ4v) is 5.48. The van der Waals surface area contributed by atoms with Crippen molar-refractivity contribution in [3.8, 4) is 17.0 Å². The summed E-state index contributed by atoms with van der Waals surface area (Å²) < 4.78 is 6.40. The van der Waals surface area contributed by atoms with E-state index >= 15 is 0 Å². The van der Waals surface area contributed by atoms with Crippen LogP contribution in [0.1, 0.15) is 31.2 Å². The molecule has 25 heavy (non-hydrogen) atoms. The number of hydrogen-bond acceptors (Lipinski definition) is 4. The molecule has 130 valence electrons. The third kappa shape index (κ3) is 2.67. The standard InChI is InChI=1S/C21H24N2OS/c1-25-17-4-2-15(3-5-17)18-10-16-11-21(24-19(16)12-23-18)13-20(14-21)6-8-22-9-7-20/h2-5,10,12,22H,6-9,11,13-14H2,1H3. The van der Waals surface area contributed by atoms with Crippen LogP contribution in [0.2, 0.25) is 0 Å². The molecule has 0 atom stereocenters. The van der Waals surface area contributed by atoms with E-state index in [2.05, 4.69) is 46.9 Å². The number of rotatable bonds is 2. The van der Waals surface area contributed by atoms with Crippen LogP contribution in [0.4, 0.5) is 0 Å². The van der Waals surface area contributed by atoms with Gasteiger partial charge in [0.15, 0.2) is 0 Å². The van der Waals surface area contributed by atoms with Crippen LogP contribution in [0.15, 0.2) is 41.4 Å². The molecule has 3 heterocycles. The summed E-state index contributed by atoms with van der Waals surface area (Å²) in [6.07, 6.45) is 10.1. The number of thioether (sulfide) groups is 1. The highest BCUT2D eigenvalue weighted by molar-refractivity contribution is 7.98. The molecule has 1 saturated carbocycles. The van der Waals surface area contributed by atoms with Crippen molar-refractivity contribution in [2.45, 2.75) is 42.6 Å². The van der Waals surface area contributed by atoms with Gasteiger partial charge in [-0.3, -0.25) is 4.98 Å². The minimum Gasteiger partial charge on any atom is -0.485 e. The fraction of sp³-hybridized carbons (Fsp3) is 0.476. The molecule has 0 amide bonds. The number of nitrogens with one attached hydrogen (secondary N) is 1. The lowest BCUT2D eigenvalue weighted by Gasteiger charge is -2.55. The average molecular weight is 353 g/mol. The Morgan fingerprint density at radius 1 is 1.12 bits per heavy atom. The number of fused-ring (bicyclic) bond motifs is 1. The van der Waals surface area contributed by atoms with E-state index in [4.69, 9.17) is 4.74 Å². The maximum Gasteiger partial charge on any atom is 0.141 e. The van der Waals surface area contributed by atoms with E-state index in [1.807, 2.05) is 6.20 Å². The summed E-state index contributed by atoms with van der Waals surface area (Å²) in [5.74, 6) is 1.01. The van der Waals surface area contributed by atoms with E-state index in [0.717, 1.165) is 17.9 Å². The molecule has 1 aromatic carbocycles. The van der Waals surface area contributed by atoms with Crippen molar-refractivity contribution in [1.29, 1.82) is 0 Å². The highest BCUT2D eigenvalue weighted by Crippen LogP contribution is 2.59. The molecule has 4 heteroatoms. The summed E-state index contributed by atoms with van der Waals surface area (Å²) >= 11 is 1.77. The summed E-state index contributed by atoms with van der Waals surface area (Å²) in [4.78, 5) is 5.95. The van der Waals surface area contributed by atoms with Gasteiger partial charge < -0.3 is 10.1 Å². The van der Waals surface area contributed by atoms with Crippen LogP contribution in [0, 0.1) is 5.41 Å². The summed E-state index contributed by atoms with van der Waals surface area (Å²) in [5.41, 5.74) is 4.18. The second-order valence-electron chi connectivity index (χ2n) is 7.97. The molecule has 1 aliphatic carbocycles. The summed E-state index contributed by atoms with van der Waals surface area (Å²) in [6, 6.07) is 10.9. The molecule has 2 fully saturated rings. The van der Waals surface area contributed by atoms with Crippen molar-refractivity contribution in [2.24, 2.45) is 5.41 Å². The van der Waals surface area contributed by atoms with Crippen molar-refractivity contribution in [3.05, 3.63) is 42.1 Å². The van der Waals surface area contributed by atoms with Gasteiger partial charge in [-0.1, -0.05) is 12.1 Å². The second-order valence-corrected chi connectivity index (χ2v) is 8.85. The van der Waals surface area contributed by atoms with Crippen molar-refractivity contribution >= 4 is 11.8 Å². The summed E-state index contributed by atoms with van der Waals surface area (Å²) in [6.45, 7) is 2.33. The number of aromatic nitrogens is 1. The first kappa shape index (κ1) is 15.7. The number of piperidine rings is 1. The lowest BCUT2D eigenvalue weighted by molar-refractivity contribution is -0.108. The molecule has 0 unspecified atom stereocenters. The first-order valence-corrected chi connectivity index (χ1v) is 10.5. The largest absolute Gasteiger partial charge is 0.485 e. The third-order valence-electron chi connectivity index (χ3n) is 6.23. The van der Waals surface area contributed by atoms with Gasteiger partial charge in [-0.15, -0.1) is 11.8 Å². The summed E-state index contributed by atoms with van der Waals surface area (Å²) in [7, 11) is 0. The molecule has 1 N–H and O–H groups in total. The molecular weight excluding hydrogens is 328 g/mol. The van der Waals surface area contributed by atoms with Crippen molar-refractivity contribution in [3.63, 3.8) is 0 Å². The maximum atomic E-state index is 6.40. The van der Waals surface area contributed by atoms with Gasteiger partial charge in [-0.2, -0.15) is 0 Å². The fourth-order valence-electron chi connectivity index (χ4n) is 5.07. The van der Waals surface area contributed by atoms with Crippen LogP contribution < -0.4 is 10.1 Å². The van der Waals surface area contributed by atoms with Gasteiger partial charge in [0.1, 0.15) is 11.4 Å². The number of hydrogen-bond donors (Lipinski definition) is 1. The lowest BCUT2D eigenvalue weighted by atomic mass is 9.54. The Bertz CT molecular complexity index is 788. The Morgan fingerprint density at radius 3 is 2.60 bits per heavy atom. The smallest absolute Gasteiger partial charge is 0.141 e. The predicted octanol–water partition coefficient (Wildman–Crippen LogP) is 4.31. The SMILES string of the molecule is CSc1ccc(-c2cc3c(cn2)OC2(C3)CC3(CCNCC3)C2)cc1. The zero-order chi connectivity index (χ0) is 16.9. The minimum atomic E-state index is 0.0582. The van der Waals surface area contributed by atoms with Gasteiger partial charge in [0, 0.05) is 22.4 Å². The Hall–Kier alpha value is -1.52. The number of ether oxygens (including phenoxy) is 1.